The molecule has 2 heterocycles. The molecule has 0 spiro atoms. The van der Waals surface area contributed by atoms with Crippen LogP contribution in [0, 0.1) is 0 Å². The number of carbonyl (C=O) groups excluding carboxylic acids is 1. The highest BCUT2D eigenvalue weighted by molar-refractivity contribution is 7.19. The number of amides is 1. The van der Waals surface area contributed by atoms with Crippen LogP contribution in [-0.2, 0) is 4.74 Å². The smallest absolute Gasteiger partial charge is 0.410 e. The maximum Gasteiger partial charge on any atom is 0.410 e. The average molecular weight is 356 g/mol. The molecule has 25 heavy (non-hydrogen) atoms. The molecule has 0 radical (unpaired) electrons. The van der Waals surface area contributed by atoms with Crippen LogP contribution < -0.4 is 5.73 Å². The van der Waals surface area contributed by atoms with Crippen molar-refractivity contribution in [2.45, 2.75) is 32.8 Å². The van der Waals surface area contributed by atoms with Crippen molar-refractivity contribution in [2.75, 3.05) is 18.8 Å². The van der Waals surface area contributed by atoms with Crippen molar-refractivity contribution in [2.24, 2.45) is 0 Å². The molecule has 0 fully saturated rings. The van der Waals surface area contributed by atoms with Crippen molar-refractivity contribution < 1.29 is 9.53 Å². The first-order valence-corrected chi connectivity index (χ1v) is 9.26. The Balaban J connectivity index is 1.66. The van der Waals surface area contributed by atoms with Gasteiger partial charge in [0, 0.05) is 18.0 Å². The minimum absolute atomic E-state index is 0.242. The fraction of sp³-hybridized carbons (Fsp3) is 0.350. The average Bonchev–Trinajstić information content (AvgIpc) is 3.00. The molecule has 0 aliphatic carbocycles. The Kier molecular flexibility index (Phi) is 4.86. The number of benzene rings is 1. The summed E-state index contributed by atoms with van der Waals surface area (Å²) in [5.74, 6) is 0. The Bertz CT molecular complexity index is 785. The lowest BCUT2D eigenvalue weighted by Gasteiger charge is -2.29. The van der Waals surface area contributed by atoms with E-state index in [1.54, 1.807) is 16.2 Å². The van der Waals surface area contributed by atoms with Gasteiger partial charge in [-0.3, -0.25) is 0 Å². The number of hydrogen-bond donors (Lipinski definition) is 1. The molecular formula is C20H24N2O2S. The summed E-state index contributed by atoms with van der Waals surface area (Å²) in [6.45, 7) is 6.94. The van der Waals surface area contributed by atoms with Crippen molar-refractivity contribution in [1.82, 2.24) is 4.90 Å². The fourth-order valence-corrected chi connectivity index (χ4v) is 3.56. The summed E-state index contributed by atoms with van der Waals surface area (Å²) in [6.07, 6.45) is 2.71. The lowest BCUT2D eigenvalue weighted by Crippen LogP contribution is -2.39. The van der Waals surface area contributed by atoms with Gasteiger partial charge < -0.3 is 15.4 Å². The van der Waals surface area contributed by atoms with Crippen LogP contribution >= 0.6 is 11.3 Å². The van der Waals surface area contributed by atoms with Gasteiger partial charge in [-0.2, -0.15) is 0 Å². The van der Waals surface area contributed by atoms with Gasteiger partial charge in [-0.25, -0.2) is 4.79 Å². The van der Waals surface area contributed by atoms with Gasteiger partial charge in [-0.15, -0.1) is 11.3 Å². The first-order chi connectivity index (χ1) is 11.8. The highest BCUT2D eigenvalue weighted by Gasteiger charge is 2.23. The molecule has 2 N–H and O–H groups in total. The largest absolute Gasteiger partial charge is 0.444 e. The third-order valence-electron chi connectivity index (χ3n) is 4.03. The topological polar surface area (TPSA) is 55.6 Å². The number of carbonyl (C=O) groups is 1. The molecule has 132 valence electrons. The number of ether oxygens (including phenoxy) is 1. The molecule has 1 aliphatic heterocycles. The second kappa shape index (κ2) is 6.92. The highest BCUT2D eigenvalue weighted by atomic mass is 32.1. The zero-order chi connectivity index (χ0) is 18.0. The van der Waals surface area contributed by atoms with E-state index in [-0.39, 0.29) is 6.09 Å². The van der Waals surface area contributed by atoms with Crippen LogP contribution in [0.1, 0.15) is 32.8 Å². The number of thiophene rings is 1. The zero-order valence-corrected chi connectivity index (χ0v) is 15.7. The summed E-state index contributed by atoms with van der Waals surface area (Å²) in [7, 11) is 0. The summed E-state index contributed by atoms with van der Waals surface area (Å²) < 4.78 is 5.43. The molecule has 0 bridgehead atoms. The number of nitrogens with zero attached hydrogens (tertiary/aromatic N) is 1. The molecule has 0 saturated carbocycles. The first kappa shape index (κ1) is 17.5. The Morgan fingerprint density at radius 2 is 1.80 bits per heavy atom. The fourth-order valence-electron chi connectivity index (χ4n) is 2.78. The van der Waals surface area contributed by atoms with Crippen LogP contribution in [0.15, 0.2) is 42.5 Å². The van der Waals surface area contributed by atoms with E-state index in [2.05, 4.69) is 30.3 Å². The van der Waals surface area contributed by atoms with Crippen molar-refractivity contribution >= 4 is 28.0 Å². The maximum absolute atomic E-state index is 12.1. The number of anilines is 1. The first-order valence-electron chi connectivity index (χ1n) is 8.45. The monoisotopic (exact) mass is 356 g/mol. The third-order valence-corrected chi connectivity index (χ3v) is 4.99. The summed E-state index contributed by atoms with van der Waals surface area (Å²) >= 11 is 1.60. The molecule has 0 unspecified atom stereocenters. The Hall–Kier alpha value is -2.27. The molecule has 0 saturated heterocycles. The molecule has 1 aromatic heterocycles. The molecule has 1 aromatic carbocycles. The van der Waals surface area contributed by atoms with Crippen LogP contribution in [0.5, 0.6) is 0 Å². The molecular weight excluding hydrogens is 332 g/mol. The van der Waals surface area contributed by atoms with E-state index >= 15 is 0 Å². The van der Waals surface area contributed by atoms with Crippen LogP contribution in [0.25, 0.3) is 16.0 Å². The van der Waals surface area contributed by atoms with Gasteiger partial charge in [-0.05, 0) is 56.0 Å². The minimum Gasteiger partial charge on any atom is -0.444 e. The molecule has 0 atom stereocenters. The predicted octanol–water partition coefficient (Wildman–Crippen LogP) is 5.02. The summed E-state index contributed by atoms with van der Waals surface area (Å²) in [6, 6.07) is 12.5. The van der Waals surface area contributed by atoms with E-state index in [1.165, 1.54) is 21.6 Å². The lowest BCUT2D eigenvalue weighted by molar-refractivity contribution is 0.0270. The highest BCUT2D eigenvalue weighted by Crippen LogP contribution is 2.31. The second-order valence-corrected chi connectivity index (χ2v) is 8.30. The van der Waals surface area contributed by atoms with Gasteiger partial charge in [0.15, 0.2) is 0 Å². The van der Waals surface area contributed by atoms with Gasteiger partial charge >= 0.3 is 6.09 Å². The van der Waals surface area contributed by atoms with Gasteiger partial charge in [0.2, 0.25) is 0 Å². The summed E-state index contributed by atoms with van der Waals surface area (Å²) in [5, 5.41) is 0.830. The van der Waals surface area contributed by atoms with Gasteiger partial charge in [0.05, 0.1) is 5.00 Å². The SMILES string of the molecule is CC(C)(C)OC(=O)N1CC=C(c2ccc(-c3ccc(N)s3)cc2)CC1. The number of nitrogens with two attached hydrogens (primary N) is 1. The molecule has 1 amide bonds. The van der Waals surface area contributed by atoms with E-state index in [9.17, 15) is 4.79 Å². The maximum atomic E-state index is 12.1. The van der Waals surface area contributed by atoms with Crippen molar-refractivity contribution in [3.8, 4) is 10.4 Å². The number of hydrogen-bond acceptors (Lipinski definition) is 4. The van der Waals surface area contributed by atoms with Crippen molar-refractivity contribution in [3.05, 3.63) is 48.0 Å². The molecule has 3 rings (SSSR count). The van der Waals surface area contributed by atoms with E-state index in [4.69, 9.17) is 10.5 Å². The lowest BCUT2D eigenvalue weighted by atomic mass is 9.98. The van der Waals surface area contributed by atoms with Crippen LogP contribution in [-0.4, -0.2) is 29.7 Å². The quantitative estimate of drug-likeness (QED) is 0.822. The van der Waals surface area contributed by atoms with Crippen LogP contribution in [0.4, 0.5) is 9.80 Å². The molecule has 4 nitrogen and oxygen atoms in total. The van der Waals surface area contributed by atoms with E-state index < -0.39 is 5.60 Å². The Morgan fingerprint density at radius 1 is 1.12 bits per heavy atom. The molecule has 1 aliphatic rings. The van der Waals surface area contributed by atoms with Gasteiger partial charge in [0.1, 0.15) is 5.60 Å². The molecule has 2 aromatic rings. The predicted molar refractivity (Wildman–Crippen MR) is 105 cm³/mol. The summed E-state index contributed by atoms with van der Waals surface area (Å²) in [5.41, 5.74) is 9.01. The molecule has 5 heteroatoms. The van der Waals surface area contributed by atoms with Crippen molar-refractivity contribution in [1.29, 1.82) is 0 Å². The Morgan fingerprint density at radius 3 is 2.32 bits per heavy atom. The standard InChI is InChI=1S/C20H24N2O2S/c1-20(2,3)24-19(23)22-12-10-15(11-13-22)14-4-6-16(7-5-14)17-8-9-18(21)25-17/h4-10H,11-13,21H2,1-3H3. The van der Waals surface area contributed by atoms with Crippen LogP contribution in [0.3, 0.4) is 0 Å². The van der Waals surface area contributed by atoms with E-state index in [0.29, 0.717) is 13.1 Å². The van der Waals surface area contributed by atoms with Gasteiger partial charge in [0.25, 0.3) is 0 Å². The van der Waals surface area contributed by atoms with Gasteiger partial charge in [-0.1, -0.05) is 30.3 Å². The summed E-state index contributed by atoms with van der Waals surface area (Å²) in [4.78, 5) is 15.1. The zero-order valence-electron chi connectivity index (χ0n) is 14.9. The van der Waals surface area contributed by atoms with Crippen molar-refractivity contribution in [3.63, 3.8) is 0 Å². The normalized spacial score (nSPS) is 15.0. The minimum atomic E-state index is -0.456. The third kappa shape index (κ3) is 4.42. The second-order valence-electron chi connectivity index (χ2n) is 7.19. The Labute approximate surface area is 152 Å². The number of nitrogen functional groups attached to an aromatic ring is 1. The van der Waals surface area contributed by atoms with E-state index in [0.717, 1.165) is 11.4 Å². The van der Waals surface area contributed by atoms with Crippen LogP contribution in [0.2, 0.25) is 0 Å². The number of rotatable bonds is 2. The van der Waals surface area contributed by atoms with E-state index in [1.807, 2.05) is 32.9 Å².